The molecule has 2 heterocycles. The minimum Gasteiger partial charge on any atom is -0.482 e. The molecule has 1 saturated heterocycles. The molecule has 0 amide bonds. The number of carbonyl (C=O) groups is 1. The average molecular weight is 367 g/mol. The van der Waals surface area contributed by atoms with Gasteiger partial charge in [0.2, 0.25) is 0 Å². The lowest BCUT2D eigenvalue weighted by Gasteiger charge is -2.42. The molecule has 2 aromatic rings. The molecule has 0 saturated carbocycles. The lowest BCUT2D eigenvalue weighted by molar-refractivity contribution is -0.139. The Bertz CT molecular complexity index is 914. The van der Waals surface area contributed by atoms with Crippen LogP contribution < -0.4 is 4.74 Å². The molecular formula is C22H22FNO3. The highest BCUT2D eigenvalue weighted by atomic mass is 19.1. The fourth-order valence-electron chi connectivity index (χ4n) is 3.89. The molecule has 1 fully saturated rings. The van der Waals surface area contributed by atoms with E-state index >= 15 is 0 Å². The van der Waals surface area contributed by atoms with Gasteiger partial charge in [0.15, 0.2) is 0 Å². The van der Waals surface area contributed by atoms with Gasteiger partial charge in [-0.25, -0.2) is 4.39 Å². The maximum Gasteiger partial charge on any atom is 0.317 e. The Morgan fingerprint density at radius 1 is 1.22 bits per heavy atom. The molecule has 27 heavy (non-hydrogen) atoms. The molecule has 0 unspecified atom stereocenters. The molecule has 1 N–H and O–H groups in total. The van der Waals surface area contributed by atoms with E-state index < -0.39 is 11.6 Å². The number of rotatable bonds is 3. The van der Waals surface area contributed by atoms with Gasteiger partial charge in [-0.2, -0.15) is 0 Å². The second-order valence-electron chi connectivity index (χ2n) is 7.35. The molecule has 0 bridgehead atoms. The van der Waals surface area contributed by atoms with Crippen LogP contribution in [0.15, 0.2) is 48.5 Å². The first-order valence-corrected chi connectivity index (χ1v) is 9.18. The van der Waals surface area contributed by atoms with E-state index in [-0.39, 0.29) is 12.4 Å². The molecule has 0 aromatic heterocycles. The summed E-state index contributed by atoms with van der Waals surface area (Å²) >= 11 is 0. The topological polar surface area (TPSA) is 49.8 Å². The largest absolute Gasteiger partial charge is 0.482 e. The van der Waals surface area contributed by atoms with Gasteiger partial charge in [-0.3, -0.25) is 9.69 Å². The number of halogens is 1. The highest BCUT2D eigenvalue weighted by molar-refractivity contribution is 5.85. The zero-order valence-electron chi connectivity index (χ0n) is 15.2. The molecule has 0 aliphatic carbocycles. The van der Waals surface area contributed by atoms with Crippen LogP contribution in [0.5, 0.6) is 5.75 Å². The lowest BCUT2D eigenvalue weighted by Crippen LogP contribution is -2.49. The molecule has 4 rings (SSSR count). The van der Waals surface area contributed by atoms with Crippen molar-refractivity contribution < 1.29 is 19.0 Å². The van der Waals surface area contributed by atoms with Crippen molar-refractivity contribution in [3.8, 4) is 5.75 Å². The van der Waals surface area contributed by atoms with Gasteiger partial charge in [-0.1, -0.05) is 30.3 Å². The first-order chi connectivity index (χ1) is 13.0. The number of fused-ring (bicyclic) bond motifs is 1. The maximum atomic E-state index is 14.2. The van der Waals surface area contributed by atoms with E-state index in [4.69, 9.17) is 9.84 Å². The Morgan fingerprint density at radius 3 is 2.67 bits per heavy atom. The third-order valence-corrected chi connectivity index (χ3v) is 5.44. The Labute approximate surface area is 157 Å². The number of nitrogens with zero attached hydrogens (tertiary/aromatic N) is 1. The Balaban J connectivity index is 1.71. The summed E-state index contributed by atoms with van der Waals surface area (Å²) in [6.45, 7) is 3.11. The van der Waals surface area contributed by atoms with Crippen molar-refractivity contribution >= 4 is 11.5 Å². The third-order valence-electron chi connectivity index (χ3n) is 5.44. The van der Waals surface area contributed by atoms with Crippen LogP contribution in [0.25, 0.3) is 5.57 Å². The highest BCUT2D eigenvalue weighted by Gasteiger charge is 2.39. The summed E-state index contributed by atoms with van der Waals surface area (Å²) in [5.41, 5.74) is 2.90. The molecule has 2 aliphatic heterocycles. The van der Waals surface area contributed by atoms with Crippen molar-refractivity contribution in [2.45, 2.75) is 25.4 Å². The Morgan fingerprint density at radius 2 is 1.96 bits per heavy atom. The van der Waals surface area contributed by atoms with Crippen LogP contribution in [0.1, 0.15) is 29.5 Å². The summed E-state index contributed by atoms with van der Waals surface area (Å²) in [6.07, 6.45) is 3.51. The van der Waals surface area contributed by atoms with E-state index in [0.717, 1.165) is 22.4 Å². The molecule has 4 nitrogen and oxygen atoms in total. The molecule has 2 aromatic carbocycles. The zero-order valence-corrected chi connectivity index (χ0v) is 15.2. The lowest BCUT2D eigenvalue weighted by atomic mass is 9.83. The van der Waals surface area contributed by atoms with Gasteiger partial charge in [0.05, 0.1) is 6.54 Å². The first-order valence-electron chi connectivity index (χ1n) is 9.18. The van der Waals surface area contributed by atoms with E-state index in [1.165, 1.54) is 0 Å². The summed E-state index contributed by atoms with van der Waals surface area (Å²) in [4.78, 5) is 12.9. The van der Waals surface area contributed by atoms with Crippen LogP contribution in [0.2, 0.25) is 0 Å². The van der Waals surface area contributed by atoms with Crippen LogP contribution in [0.3, 0.4) is 0 Å². The number of hydrogen-bond acceptors (Lipinski definition) is 3. The SMILES string of the molecule is Cc1ccc(C2=CC3(CCN(CC(=O)O)CC3)Oc3ccccc32)cc1F. The van der Waals surface area contributed by atoms with Crippen molar-refractivity contribution in [2.75, 3.05) is 19.6 Å². The predicted octanol–water partition coefficient (Wildman–Crippen LogP) is 3.88. The fourth-order valence-corrected chi connectivity index (χ4v) is 3.89. The van der Waals surface area contributed by atoms with Crippen molar-refractivity contribution in [1.82, 2.24) is 4.90 Å². The van der Waals surface area contributed by atoms with Gasteiger partial charge < -0.3 is 9.84 Å². The normalized spacial score (nSPS) is 18.5. The van der Waals surface area contributed by atoms with E-state index in [9.17, 15) is 9.18 Å². The number of carboxylic acid groups (broad SMARTS) is 1. The van der Waals surface area contributed by atoms with Crippen molar-refractivity contribution in [3.63, 3.8) is 0 Å². The Hall–Kier alpha value is -2.66. The van der Waals surface area contributed by atoms with E-state index in [1.807, 2.05) is 35.2 Å². The summed E-state index contributed by atoms with van der Waals surface area (Å²) in [5, 5.41) is 9.02. The monoisotopic (exact) mass is 367 g/mol. The minimum absolute atomic E-state index is 0.0480. The van der Waals surface area contributed by atoms with Crippen LogP contribution in [-0.4, -0.2) is 41.2 Å². The molecule has 1 spiro atoms. The van der Waals surface area contributed by atoms with Gasteiger partial charge in [0.25, 0.3) is 0 Å². The van der Waals surface area contributed by atoms with Gasteiger partial charge in [0.1, 0.15) is 17.2 Å². The van der Waals surface area contributed by atoms with E-state index in [0.29, 0.717) is 31.5 Å². The summed E-state index contributed by atoms with van der Waals surface area (Å²) in [5.74, 6) is -0.238. The predicted molar refractivity (Wildman–Crippen MR) is 101 cm³/mol. The van der Waals surface area contributed by atoms with Crippen LogP contribution >= 0.6 is 0 Å². The number of hydrogen-bond donors (Lipinski definition) is 1. The average Bonchev–Trinajstić information content (AvgIpc) is 2.65. The molecule has 0 radical (unpaired) electrons. The number of benzene rings is 2. The van der Waals surface area contributed by atoms with Gasteiger partial charge in [-0.05, 0) is 41.8 Å². The zero-order chi connectivity index (χ0) is 19.0. The maximum absolute atomic E-state index is 14.2. The number of aryl methyl sites for hydroxylation is 1. The van der Waals surface area contributed by atoms with Gasteiger partial charge in [-0.15, -0.1) is 0 Å². The highest BCUT2D eigenvalue weighted by Crippen LogP contribution is 2.43. The summed E-state index contributed by atoms with van der Waals surface area (Å²) in [7, 11) is 0. The smallest absolute Gasteiger partial charge is 0.317 e. The quantitative estimate of drug-likeness (QED) is 0.895. The van der Waals surface area contributed by atoms with Gasteiger partial charge >= 0.3 is 5.97 Å². The van der Waals surface area contributed by atoms with E-state index in [2.05, 4.69) is 6.08 Å². The standard InChI is InChI=1S/C22H22FNO3/c1-15-6-7-16(12-19(15)23)18-13-22(27-20-5-3-2-4-17(18)20)8-10-24(11-9-22)14-21(25)26/h2-7,12-13H,8-11,14H2,1H3,(H,25,26). The molecular weight excluding hydrogens is 345 g/mol. The second kappa shape index (κ2) is 6.82. The van der Waals surface area contributed by atoms with Crippen molar-refractivity contribution in [1.29, 1.82) is 0 Å². The second-order valence-corrected chi connectivity index (χ2v) is 7.35. The molecule has 2 aliphatic rings. The number of aliphatic carboxylic acids is 1. The number of piperidine rings is 1. The number of para-hydroxylation sites is 1. The van der Waals surface area contributed by atoms with Crippen molar-refractivity contribution in [3.05, 3.63) is 71.0 Å². The number of carboxylic acids is 1. The Kier molecular flexibility index (Phi) is 4.48. The van der Waals surface area contributed by atoms with Crippen LogP contribution in [0.4, 0.5) is 4.39 Å². The summed E-state index contributed by atoms with van der Waals surface area (Å²) < 4.78 is 20.6. The summed E-state index contributed by atoms with van der Waals surface area (Å²) in [6, 6.07) is 13.1. The van der Waals surface area contributed by atoms with Gasteiger partial charge in [0, 0.05) is 31.5 Å². The minimum atomic E-state index is -0.813. The van der Waals surface area contributed by atoms with Crippen molar-refractivity contribution in [2.24, 2.45) is 0 Å². The number of likely N-dealkylation sites (tertiary alicyclic amines) is 1. The molecule has 5 heteroatoms. The molecule has 0 atom stereocenters. The third kappa shape index (κ3) is 3.47. The van der Waals surface area contributed by atoms with Crippen LogP contribution in [-0.2, 0) is 4.79 Å². The first kappa shape index (κ1) is 17.7. The van der Waals surface area contributed by atoms with Crippen LogP contribution in [0, 0.1) is 12.7 Å². The number of ether oxygens (including phenoxy) is 1. The fraction of sp³-hybridized carbons (Fsp3) is 0.318. The van der Waals surface area contributed by atoms with E-state index in [1.54, 1.807) is 19.1 Å². The molecule has 140 valence electrons.